The van der Waals surface area contributed by atoms with Crippen molar-refractivity contribution < 1.29 is 14.4 Å². The second-order valence-corrected chi connectivity index (χ2v) is 6.32. The Morgan fingerprint density at radius 3 is 2.00 bits per heavy atom. The molecule has 5 heteroatoms. The maximum atomic E-state index is 13.1. The fourth-order valence-electron chi connectivity index (χ4n) is 3.97. The minimum Gasteiger partial charge on any atom is -0.303 e. The fourth-order valence-corrected chi connectivity index (χ4v) is 3.97. The summed E-state index contributed by atoms with van der Waals surface area (Å²) in [5, 5.41) is 0. The normalized spacial score (nSPS) is 25.6. The second kappa shape index (κ2) is 5.84. The van der Waals surface area contributed by atoms with Crippen LogP contribution in [-0.4, -0.2) is 29.2 Å². The Kier molecular flexibility index (Phi) is 3.64. The minimum absolute atomic E-state index is 0.252. The molecule has 3 amide bonds. The van der Waals surface area contributed by atoms with Crippen LogP contribution in [0.15, 0.2) is 60.7 Å². The lowest BCUT2D eigenvalue weighted by molar-refractivity contribution is -0.141. The zero-order chi connectivity index (χ0) is 17.6. The van der Waals surface area contributed by atoms with Gasteiger partial charge in [-0.2, -0.15) is 0 Å². The van der Waals surface area contributed by atoms with E-state index in [4.69, 9.17) is 0 Å². The van der Waals surface area contributed by atoms with Crippen molar-refractivity contribution in [3.8, 4) is 0 Å². The molecule has 0 saturated carbocycles. The van der Waals surface area contributed by atoms with Crippen molar-refractivity contribution in [3.63, 3.8) is 0 Å². The van der Waals surface area contributed by atoms with E-state index in [9.17, 15) is 14.4 Å². The SMILES string of the molecule is CCN1C(=O)C2C(=O)N(c3ccccc3)C(c3ccccc3)C2C1=O. The molecule has 0 aliphatic carbocycles. The maximum absolute atomic E-state index is 13.1. The minimum atomic E-state index is -0.919. The lowest BCUT2D eigenvalue weighted by Crippen LogP contribution is -2.39. The zero-order valence-electron chi connectivity index (χ0n) is 13.8. The van der Waals surface area contributed by atoms with Gasteiger partial charge in [-0.25, -0.2) is 0 Å². The zero-order valence-corrected chi connectivity index (χ0v) is 13.8. The smallest absolute Gasteiger partial charge is 0.242 e. The van der Waals surface area contributed by atoms with Crippen LogP contribution in [0.25, 0.3) is 0 Å². The third-order valence-corrected chi connectivity index (χ3v) is 5.06. The van der Waals surface area contributed by atoms with Crippen molar-refractivity contribution in [2.45, 2.75) is 13.0 Å². The Hall–Kier alpha value is -2.95. The number of amides is 3. The van der Waals surface area contributed by atoms with Crippen molar-refractivity contribution in [1.29, 1.82) is 0 Å². The van der Waals surface area contributed by atoms with Crippen LogP contribution in [0.5, 0.6) is 0 Å². The van der Waals surface area contributed by atoms with E-state index in [0.717, 1.165) is 5.56 Å². The van der Waals surface area contributed by atoms with Gasteiger partial charge in [0.2, 0.25) is 17.7 Å². The summed E-state index contributed by atoms with van der Waals surface area (Å²) in [6, 6.07) is 18.2. The molecule has 4 rings (SSSR count). The number of imide groups is 1. The molecule has 0 radical (unpaired) electrons. The molecule has 0 bridgehead atoms. The fraction of sp³-hybridized carbons (Fsp3) is 0.250. The molecule has 2 fully saturated rings. The highest BCUT2D eigenvalue weighted by Gasteiger charge is 2.62. The molecule has 5 nitrogen and oxygen atoms in total. The highest BCUT2D eigenvalue weighted by Crippen LogP contribution is 2.48. The molecule has 2 aliphatic heterocycles. The van der Waals surface area contributed by atoms with E-state index in [-0.39, 0.29) is 17.7 Å². The molecule has 3 atom stereocenters. The summed E-state index contributed by atoms with van der Waals surface area (Å²) in [5.74, 6) is -2.50. The Balaban J connectivity index is 1.87. The number of para-hydroxylation sites is 1. The van der Waals surface area contributed by atoms with E-state index in [0.29, 0.717) is 12.2 Å². The van der Waals surface area contributed by atoms with Gasteiger partial charge in [0, 0.05) is 12.2 Å². The lowest BCUT2D eigenvalue weighted by Gasteiger charge is -2.29. The topological polar surface area (TPSA) is 57.7 Å². The first kappa shape index (κ1) is 15.6. The molecule has 2 aromatic carbocycles. The number of rotatable bonds is 3. The first-order chi connectivity index (χ1) is 12.1. The molecule has 0 aromatic heterocycles. The van der Waals surface area contributed by atoms with Gasteiger partial charge in [0.15, 0.2) is 0 Å². The van der Waals surface area contributed by atoms with Gasteiger partial charge in [0.1, 0.15) is 5.92 Å². The van der Waals surface area contributed by atoms with E-state index in [1.54, 1.807) is 11.8 Å². The van der Waals surface area contributed by atoms with E-state index >= 15 is 0 Å². The average Bonchev–Trinajstić information content (AvgIpc) is 3.09. The van der Waals surface area contributed by atoms with Crippen LogP contribution in [0.2, 0.25) is 0 Å². The van der Waals surface area contributed by atoms with Crippen molar-refractivity contribution in [3.05, 3.63) is 66.2 Å². The molecule has 25 heavy (non-hydrogen) atoms. The quantitative estimate of drug-likeness (QED) is 0.640. The molecule has 2 aliphatic rings. The number of carbonyl (C=O) groups excluding carboxylic acids is 3. The average molecular weight is 334 g/mol. The van der Waals surface area contributed by atoms with Gasteiger partial charge in [0.25, 0.3) is 0 Å². The van der Waals surface area contributed by atoms with Gasteiger partial charge in [-0.15, -0.1) is 0 Å². The van der Waals surface area contributed by atoms with E-state index in [1.807, 2.05) is 60.7 Å². The first-order valence-corrected chi connectivity index (χ1v) is 8.43. The van der Waals surface area contributed by atoms with Gasteiger partial charge in [-0.3, -0.25) is 19.3 Å². The Labute approximate surface area is 145 Å². The van der Waals surface area contributed by atoms with Crippen LogP contribution >= 0.6 is 0 Å². The largest absolute Gasteiger partial charge is 0.303 e. The standard InChI is InChI=1S/C20H18N2O3/c1-2-21-18(23)15-16(19(21)24)20(25)22(14-11-7-4-8-12-14)17(15)13-9-5-3-6-10-13/h3-12,15-17H,2H2,1H3. The van der Waals surface area contributed by atoms with E-state index in [2.05, 4.69) is 0 Å². The number of hydrogen-bond donors (Lipinski definition) is 0. The van der Waals surface area contributed by atoms with Crippen LogP contribution in [0, 0.1) is 11.8 Å². The van der Waals surface area contributed by atoms with Crippen molar-refractivity contribution in [1.82, 2.24) is 4.90 Å². The predicted molar refractivity (Wildman–Crippen MR) is 92.5 cm³/mol. The number of anilines is 1. The van der Waals surface area contributed by atoms with Gasteiger partial charge in [0.05, 0.1) is 12.0 Å². The van der Waals surface area contributed by atoms with Crippen molar-refractivity contribution in [2.75, 3.05) is 11.4 Å². The van der Waals surface area contributed by atoms with Gasteiger partial charge in [-0.1, -0.05) is 48.5 Å². The molecule has 3 unspecified atom stereocenters. The summed E-state index contributed by atoms with van der Waals surface area (Å²) in [5.41, 5.74) is 1.57. The number of benzene rings is 2. The van der Waals surface area contributed by atoms with Crippen LogP contribution < -0.4 is 4.90 Å². The molecule has 0 spiro atoms. The van der Waals surface area contributed by atoms with Crippen molar-refractivity contribution >= 4 is 23.4 Å². The first-order valence-electron chi connectivity index (χ1n) is 8.43. The molecule has 2 aromatic rings. The Morgan fingerprint density at radius 1 is 0.800 bits per heavy atom. The lowest BCUT2D eigenvalue weighted by atomic mass is 9.88. The molecular weight excluding hydrogens is 316 g/mol. The van der Waals surface area contributed by atoms with Crippen molar-refractivity contribution in [2.24, 2.45) is 11.8 Å². The Bertz CT molecular complexity index is 835. The number of hydrogen-bond acceptors (Lipinski definition) is 3. The third-order valence-electron chi connectivity index (χ3n) is 5.06. The van der Waals surface area contributed by atoms with Gasteiger partial charge in [-0.05, 0) is 24.6 Å². The van der Waals surface area contributed by atoms with Gasteiger partial charge >= 0.3 is 0 Å². The van der Waals surface area contributed by atoms with E-state index in [1.165, 1.54) is 4.90 Å². The van der Waals surface area contributed by atoms with Crippen LogP contribution in [0.3, 0.4) is 0 Å². The summed E-state index contributed by atoms with van der Waals surface area (Å²) < 4.78 is 0. The van der Waals surface area contributed by atoms with Crippen LogP contribution in [0.1, 0.15) is 18.5 Å². The number of likely N-dealkylation sites (tertiary alicyclic amines) is 1. The molecule has 2 heterocycles. The van der Waals surface area contributed by atoms with Gasteiger partial charge < -0.3 is 4.90 Å². The maximum Gasteiger partial charge on any atom is 0.242 e. The molecular formula is C20H18N2O3. The molecule has 0 N–H and O–H groups in total. The molecule has 2 saturated heterocycles. The highest BCUT2D eigenvalue weighted by molar-refractivity contribution is 6.21. The van der Waals surface area contributed by atoms with Crippen LogP contribution in [0.4, 0.5) is 5.69 Å². The second-order valence-electron chi connectivity index (χ2n) is 6.32. The summed E-state index contributed by atoms with van der Waals surface area (Å²) in [6.07, 6.45) is 0. The monoisotopic (exact) mass is 334 g/mol. The number of carbonyl (C=O) groups is 3. The van der Waals surface area contributed by atoms with Crippen LogP contribution in [-0.2, 0) is 14.4 Å². The molecule has 126 valence electrons. The summed E-state index contributed by atoms with van der Waals surface area (Å²) in [6.45, 7) is 2.05. The number of fused-ring (bicyclic) bond motifs is 1. The summed E-state index contributed by atoms with van der Waals surface area (Å²) in [4.78, 5) is 41.5. The van der Waals surface area contributed by atoms with E-state index < -0.39 is 17.9 Å². The Morgan fingerprint density at radius 2 is 1.40 bits per heavy atom. The predicted octanol–water partition coefficient (Wildman–Crippen LogP) is 2.40. The number of nitrogens with zero attached hydrogens (tertiary/aromatic N) is 2. The highest BCUT2D eigenvalue weighted by atomic mass is 16.2. The summed E-state index contributed by atoms with van der Waals surface area (Å²) in [7, 11) is 0. The third kappa shape index (κ3) is 2.19. The summed E-state index contributed by atoms with van der Waals surface area (Å²) >= 11 is 0.